The molecule has 0 saturated heterocycles. The van der Waals surface area contributed by atoms with Crippen molar-refractivity contribution in [3.05, 3.63) is 36.3 Å². The lowest BCUT2D eigenvalue weighted by molar-refractivity contribution is 0.716. The number of nitrogens with one attached hydrogen (secondary N) is 2. The molecular weight excluding hydrogens is 294 g/mol. The topological polar surface area (TPSA) is 62.7 Å². The number of thioether (sulfide) groups is 1. The molecule has 0 aliphatic heterocycles. The van der Waals surface area contributed by atoms with Gasteiger partial charge >= 0.3 is 0 Å². The van der Waals surface area contributed by atoms with Crippen molar-refractivity contribution in [2.45, 2.75) is 43.2 Å². The Balaban J connectivity index is 1.52. The van der Waals surface area contributed by atoms with Gasteiger partial charge in [0.2, 0.25) is 5.95 Å². The van der Waals surface area contributed by atoms with Crippen LogP contribution >= 0.6 is 11.8 Å². The monoisotopic (exact) mass is 315 g/mol. The fourth-order valence-electron chi connectivity index (χ4n) is 2.68. The van der Waals surface area contributed by atoms with Crippen molar-refractivity contribution in [2.24, 2.45) is 0 Å². The van der Waals surface area contributed by atoms with Crippen LogP contribution in [0.4, 0.5) is 11.8 Å². The van der Waals surface area contributed by atoms with E-state index in [0.29, 0.717) is 12.1 Å². The summed E-state index contributed by atoms with van der Waals surface area (Å²) < 4.78 is 0. The molecule has 1 aliphatic rings. The van der Waals surface area contributed by atoms with Gasteiger partial charge in [-0.15, -0.1) is 11.8 Å². The highest BCUT2D eigenvalue weighted by Crippen LogP contribution is 2.24. The number of pyridine rings is 1. The Morgan fingerprint density at radius 3 is 2.36 bits per heavy atom. The van der Waals surface area contributed by atoms with Crippen LogP contribution in [0.1, 0.15) is 24.8 Å². The average Bonchev–Trinajstić information content (AvgIpc) is 2.97. The van der Waals surface area contributed by atoms with E-state index in [4.69, 9.17) is 0 Å². The molecule has 2 N–H and O–H groups in total. The average molecular weight is 315 g/mol. The van der Waals surface area contributed by atoms with Crippen molar-refractivity contribution < 1.29 is 0 Å². The van der Waals surface area contributed by atoms with Crippen LogP contribution in [0.25, 0.3) is 0 Å². The van der Waals surface area contributed by atoms with Gasteiger partial charge in [0, 0.05) is 35.6 Å². The maximum Gasteiger partial charge on any atom is 0.222 e. The molecule has 5 nitrogen and oxygen atoms in total. The maximum atomic E-state index is 4.41. The number of aromatic nitrogens is 3. The molecule has 2 atom stereocenters. The second-order valence-corrected chi connectivity index (χ2v) is 6.54. The first-order chi connectivity index (χ1) is 10.7. The van der Waals surface area contributed by atoms with E-state index in [0.717, 1.165) is 35.9 Å². The van der Waals surface area contributed by atoms with Gasteiger partial charge in [-0.05, 0) is 44.1 Å². The van der Waals surface area contributed by atoms with E-state index in [2.05, 4.69) is 38.6 Å². The van der Waals surface area contributed by atoms with Gasteiger partial charge in [0.15, 0.2) is 0 Å². The zero-order valence-electron chi connectivity index (χ0n) is 12.9. The number of nitrogens with zero attached hydrogens (tertiary/aromatic N) is 3. The fourth-order valence-corrected chi connectivity index (χ4v) is 3.00. The highest BCUT2D eigenvalue weighted by Gasteiger charge is 2.25. The Kier molecular flexibility index (Phi) is 4.77. The van der Waals surface area contributed by atoms with Gasteiger partial charge in [-0.25, -0.2) is 15.0 Å². The summed E-state index contributed by atoms with van der Waals surface area (Å²) in [5, 5.41) is 6.93. The Morgan fingerprint density at radius 1 is 1.00 bits per heavy atom. The highest BCUT2D eigenvalue weighted by atomic mass is 32.2. The van der Waals surface area contributed by atoms with Crippen molar-refractivity contribution in [3.63, 3.8) is 0 Å². The summed E-state index contributed by atoms with van der Waals surface area (Å²) in [6.45, 7) is 2.05. The summed E-state index contributed by atoms with van der Waals surface area (Å²) in [6.07, 6.45) is 11.0. The first-order valence-corrected chi connectivity index (χ1v) is 8.77. The molecular formula is C16H21N5S. The first kappa shape index (κ1) is 15.1. The molecule has 0 aromatic carbocycles. The van der Waals surface area contributed by atoms with Crippen LogP contribution in [0.3, 0.4) is 0 Å². The molecule has 1 aliphatic carbocycles. The molecule has 0 amide bonds. The van der Waals surface area contributed by atoms with Crippen LogP contribution in [0.5, 0.6) is 0 Å². The van der Waals surface area contributed by atoms with Crippen LogP contribution in [0, 0.1) is 6.92 Å². The van der Waals surface area contributed by atoms with Gasteiger partial charge in [-0.3, -0.25) is 0 Å². The molecule has 1 fully saturated rings. The molecule has 22 heavy (non-hydrogen) atoms. The smallest absolute Gasteiger partial charge is 0.222 e. The third-order valence-corrected chi connectivity index (χ3v) is 4.58. The van der Waals surface area contributed by atoms with E-state index in [-0.39, 0.29) is 0 Å². The first-order valence-electron chi connectivity index (χ1n) is 7.54. The van der Waals surface area contributed by atoms with Crippen LogP contribution in [-0.4, -0.2) is 33.3 Å². The third-order valence-electron chi connectivity index (χ3n) is 3.89. The predicted octanol–water partition coefficient (Wildman–Crippen LogP) is 3.35. The van der Waals surface area contributed by atoms with Crippen molar-refractivity contribution >= 4 is 23.5 Å². The zero-order chi connectivity index (χ0) is 15.4. The summed E-state index contributed by atoms with van der Waals surface area (Å²) >= 11 is 1.65. The van der Waals surface area contributed by atoms with Crippen molar-refractivity contribution in [1.29, 1.82) is 0 Å². The molecule has 1 saturated carbocycles. The number of hydrogen-bond acceptors (Lipinski definition) is 6. The van der Waals surface area contributed by atoms with E-state index in [9.17, 15) is 0 Å². The largest absolute Gasteiger partial charge is 0.367 e. The second kappa shape index (κ2) is 6.96. The van der Waals surface area contributed by atoms with Crippen molar-refractivity contribution in [1.82, 2.24) is 15.0 Å². The molecule has 0 spiro atoms. The summed E-state index contributed by atoms with van der Waals surface area (Å²) in [6, 6.07) is 5.00. The standard InChI is InChI=1S/C16H21N5S/c1-11-3-6-15(17-8-11)20-12-4-5-13(7-12)21-16-18-9-14(22-2)10-19-16/h3,6,8-10,12-13H,4-5,7H2,1-2H3,(H,17,20)(H,18,19,21)/t12-,13?/m0/s1. The van der Waals surface area contributed by atoms with Gasteiger partial charge in [0.05, 0.1) is 0 Å². The molecule has 0 bridgehead atoms. The quantitative estimate of drug-likeness (QED) is 0.825. The van der Waals surface area contributed by atoms with Crippen LogP contribution in [0.15, 0.2) is 35.6 Å². The van der Waals surface area contributed by atoms with Crippen molar-refractivity contribution in [3.8, 4) is 0 Å². The fraction of sp³-hybridized carbons (Fsp3) is 0.438. The predicted molar refractivity (Wildman–Crippen MR) is 91.5 cm³/mol. The van der Waals surface area contributed by atoms with Crippen LogP contribution < -0.4 is 10.6 Å². The SMILES string of the molecule is CSc1cnc(NC2CC[C@H](Nc3ccc(C)cn3)C2)nc1. The molecule has 116 valence electrons. The Hall–Kier alpha value is -1.82. The molecule has 2 aromatic heterocycles. The van der Waals surface area contributed by atoms with E-state index in [1.54, 1.807) is 11.8 Å². The minimum Gasteiger partial charge on any atom is -0.367 e. The zero-order valence-corrected chi connectivity index (χ0v) is 13.7. The number of aryl methyl sites for hydroxylation is 1. The summed E-state index contributed by atoms with van der Waals surface area (Å²) in [5.74, 6) is 1.67. The van der Waals surface area contributed by atoms with E-state index in [1.807, 2.05) is 30.9 Å². The van der Waals surface area contributed by atoms with Crippen LogP contribution in [0.2, 0.25) is 0 Å². The second-order valence-electron chi connectivity index (χ2n) is 5.66. The van der Waals surface area contributed by atoms with Gasteiger partial charge in [-0.2, -0.15) is 0 Å². The van der Waals surface area contributed by atoms with Gasteiger partial charge < -0.3 is 10.6 Å². The molecule has 2 aromatic rings. The molecule has 6 heteroatoms. The van der Waals surface area contributed by atoms with Gasteiger partial charge in [0.1, 0.15) is 5.82 Å². The van der Waals surface area contributed by atoms with E-state index < -0.39 is 0 Å². The number of anilines is 2. The summed E-state index contributed by atoms with van der Waals surface area (Å²) in [5.41, 5.74) is 1.18. The lowest BCUT2D eigenvalue weighted by Gasteiger charge is -2.15. The minimum absolute atomic E-state index is 0.420. The molecule has 0 radical (unpaired) electrons. The summed E-state index contributed by atoms with van der Waals surface area (Å²) in [7, 11) is 0. The number of rotatable bonds is 5. The van der Waals surface area contributed by atoms with Gasteiger partial charge in [-0.1, -0.05) is 6.07 Å². The molecule has 2 heterocycles. The van der Waals surface area contributed by atoms with Crippen LogP contribution in [-0.2, 0) is 0 Å². The lowest BCUT2D eigenvalue weighted by atomic mass is 10.2. The van der Waals surface area contributed by atoms with Gasteiger partial charge in [0.25, 0.3) is 0 Å². The van der Waals surface area contributed by atoms with E-state index >= 15 is 0 Å². The lowest BCUT2D eigenvalue weighted by Crippen LogP contribution is -2.22. The Bertz CT molecular complexity index is 599. The molecule has 1 unspecified atom stereocenters. The maximum absolute atomic E-state index is 4.41. The number of hydrogen-bond donors (Lipinski definition) is 2. The third kappa shape index (κ3) is 3.88. The highest BCUT2D eigenvalue weighted by molar-refractivity contribution is 7.98. The van der Waals surface area contributed by atoms with E-state index in [1.165, 1.54) is 5.56 Å². The minimum atomic E-state index is 0.420. The Morgan fingerprint density at radius 2 is 1.73 bits per heavy atom. The normalized spacial score (nSPS) is 20.8. The Labute approximate surface area is 135 Å². The van der Waals surface area contributed by atoms with Crippen molar-refractivity contribution in [2.75, 3.05) is 16.9 Å². The summed E-state index contributed by atoms with van der Waals surface area (Å²) in [4.78, 5) is 14.2. The molecule has 3 rings (SSSR count).